The third kappa shape index (κ3) is 5.85. The molecule has 0 fully saturated rings. The Morgan fingerprint density at radius 3 is 2.52 bits per heavy atom. The van der Waals surface area contributed by atoms with Crippen molar-refractivity contribution in [3.63, 3.8) is 0 Å². The molecule has 27 heavy (non-hydrogen) atoms. The Balaban J connectivity index is 1.83. The van der Waals surface area contributed by atoms with Crippen molar-refractivity contribution in [2.45, 2.75) is 19.9 Å². The molecule has 0 heterocycles. The molecule has 2 aromatic carbocycles. The zero-order valence-corrected chi connectivity index (χ0v) is 15.4. The summed E-state index contributed by atoms with van der Waals surface area (Å²) in [6.45, 7) is 2.89. The molecule has 0 aliphatic rings. The van der Waals surface area contributed by atoms with E-state index >= 15 is 0 Å². The van der Waals surface area contributed by atoms with Gasteiger partial charge in [-0.25, -0.2) is 4.79 Å². The first-order valence-electron chi connectivity index (χ1n) is 8.37. The average Bonchev–Trinajstić information content (AvgIpc) is 2.66. The largest absolute Gasteiger partial charge is 0.495 e. The molecule has 0 aliphatic heterocycles. The second-order valence-electron chi connectivity index (χ2n) is 5.92. The van der Waals surface area contributed by atoms with Gasteiger partial charge in [-0.2, -0.15) is 0 Å². The summed E-state index contributed by atoms with van der Waals surface area (Å²) in [6, 6.07) is 13.0. The van der Waals surface area contributed by atoms with Crippen LogP contribution >= 0.6 is 0 Å². The van der Waals surface area contributed by atoms with Crippen molar-refractivity contribution in [3.8, 4) is 5.75 Å². The van der Waals surface area contributed by atoms with E-state index < -0.39 is 24.5 Å². The van der Waals surface area contributed by atoms with Crippen LogP contribution in [0.15, 0.2) is 48.5 Å². The summed E-state index contributed by atoms with van der Waals surface area (Å²) in [6.07, 6.45) is 0. The number of para-hydroxylation sites is 2. The quantitative estimate of drug-likeness (QED) is 0.730. The van der Waals surface area contributed by atoms with E-state index in [4.69, 9.17) is 9.47 Å². The molecule has 7 nitrogen and oxygen atoms in total. The van der Waals surface area contributed by atoms with E-state index in [-0.39, 0.29) is 5.91 Å². The molecule has 142 valence electrons. The Kier molecular flexibility index (Phi) is 6.93. The van der Waals surface area contributed by atoms with Crippen LogP contribution in [0.2, 0.25) is 0 Å². The van der Waals surface area contributed by atoms with Gasteiger partial charge in [-0.05, 0) is 38.1 Å². The molecule has 0 unspecified atom stereocenters. The Morgan fingerprint density at radius 1 is 1.07 bits per heavy atom. The SMILES string of the molecule is COc1ccccc1NC(=O)COC(=O)[C@H](C)NC(=O)c1cccc(C)c1. The number of hydrogen-bond donors (Lipinski definition) is 2. The summed E-state index contributed by atoms with van der Waals surface area (Å²) >= 11 is 0. The highest BCUT2D eigenvalue weighted by Crippen LogP contribution is 2.22. The number of carbonyl (C=O) groups excluding carboxylic acids is 3. The molecular formula is C20H22N2O5. The number of methoxy groups -OCH3 is 1. The Bertz CT molecular complexity index is 835. The second-order valence-corrected chi connectivity index (χ2v) is 5.92. The van der Waals surface area contributed by atoms with E-state index in [0.29, 0.717) is 17.0 Å². The van der Waals surface area contributed by atoms with Crippen LogP contribution in [0.3, 0.4) is 0 Å². The molecule has 7 heteroatoms. The van der Waals surface area contributed by atoms with Crippen LogP contribution in [-0.4, -0.2) is 37.5 Å². The van der Waals surface area contributed by atoms with Gasteiger partial charge in [0.2, 0.25) is 0 Å². The maximum absolute atomic E-state index is 12.1. The number of aryl methyl sites for hydroxylation is 1. The summed E-state index contributed by atoms with van der Waals surface area (Å²) in [5.74, 6) is -1.10. The van der Waals surface area contributed by atoms with Crippen LogP contribution < -0.4 is 15.4 Å². The van der Waals surface area contributed by atoms with Crippen LogP contribution in [-0.2, 0) is 14.3 Å². The fourth-order valence-corrected chi connectivity index (χ4v) is 2.32. The minimum Gasteiger partial charge on any atom is -0.495 e. The van der Waals surface area contributed by atoms with E-state index in [1.807, 2.05) is 13.0 Å². The second kappa shape index (κ2) is 9.38. The number of esters is 1. The molecule has 0 aromatic heterocycles. The lowest BCUT2D eigenvalue weighted by molar-refractivity contribution is -0.148. The molecule has 0 saturated heterocycles. The van der Waals surface area contributed by atoms with Crippen LogP contribution in [0.4, 0.5) is 5.69 Å². The van der Waals surface area contributed by atoms with E-state index in [1.54, 1.807) is 42.5 Å². The zero-order chi connectivity index (χ0) is 19.8. The molecule has 0 radical (unpaired) electrons. The van der Waals surface area contributed by atoms with Crippen LogP contribution in [0.25, 0.3) is 0 Å². The van der Waals surface area contributed by atoms with E-state index in [9.17, 15) is 14.4 Å². The van der Waals surface area contributed by atoms with E-state index in [1.165, 1.54) is 14.0 Å². The monoisotopic (exact) mass is 370 g/mol. The summed E-state index contributed by atoms with van der Waals surface area (Å²) in [5.41, 5.74) is 1.86. The number of amides is 2. The van der Waals surface area contributed by atoms with Crippen molar-refractivity contribution in [1.29, 1.82) is 0 Å². The summed E-state index contributed by atoms with van der Waals surface area (Å²) in [7, 11) is 1.49. The predicted molar refractivity (Wildman–Crippen MR) is 101 cm³/mol. The topological polar surface area (TPSA) is 93.7 Å². The highest BCUT2D eigenvalue weighted by atomic mass is 16.5. The number of ether oxygens (including phenoxy) is 2. The number of benzene rings is 2. The zero-order valence-electron chi connectivity index (χ0n) is 15.4. The first kappa shape index (κ1) is 20.0. The molecule has 2 amide bonds. The third-order valence-electron chi connectivity index (χ3n) is 3.71. The van der Waals surface area contributed by atoms with Crippen LogP contribution in [0.5, 0.6) is 5.75 Å². The molecular weight excluding hydrogens is 348 g/mol. The fraction of sp³-hybridized carbons (Fsp3) is 0.250. The predicted octanol–water partition coefficient (Wildman–Crippen LogP) is 2.30. The molecule has 0 bridgehead atoms. The Morgan fingerprint density at radius 2 is 1.81 bits per heavy atom. The summed E-state index contributed by atoms with van der Waals surface area (Å²) in [4.78, 5) is 36.1. The lowest BCUT2D eigenvalue weighted by Gasteiger charge is -2.14. The summed E-state index contributed by atoms with van der Waals surface area (Å²) in [5, 5.41) is 5.15. The molecule has 1 atom stereocenters. The molecule has 2 aromatic rings. The number of rotatable bonds is 7. The maximum atomic E-state index is 12.1. The lowest BCUT2D eigenvalue weighted by Crippen LogP contribution is -2.40. The number of anilines is 1. The van der Waals surface area contributed by atoms with Crippen molar-refractivity contribution >= 4 is 23.5 Å². The summed E-state index contributed by atoms with van der Waals surface area (Å²) < 4.78 is 10.1. The number of nitrogens with one attached hydrogen (secondary N) is 2. The van der Waals surface area contributed by atoms with Gasteiger partial charge in [0, 0.05) is 5.56 Å². The van der Waals surface area contributed by atoms with Gasteiger partial charge in [0.25, 0.3) is 11.8 Å². The smallest absolute Gasteiger partial charge is 0.328 e. The normalized spacial score (nSPS) is 11.2. The van der Waals surface area contributed by atoms with E-state index in [2.05, 4.69) is 10.6 Å². The average molecular weight is 370 g/mol. The van der Waals surface area contributed by atoms with Gasteiger partial charge < -0.3 is 20.1 Å². The molecule has 2 rings (SSSR count). The van der Waals surface area contributed by atoms with Gasteiger partial charge in [0.05, 0.1) is 12.8 Å². The van der Waals surface area contributed by atoms with Gasteiger partial charge in [0.15, 0.2) is 6.61 Å². The Labute approximate surface area is 157 Å². The fourth-order valence-electron chi connectivity index (χ4n) is 2.32. The first-order chi connectivity index (χ1) is 12.9. The van der Waals surface area contributed by atoms with Crippen LogP contribution in [0, 0.1) is 6.92 Å². The van der Waals surface area contributed by atoms with Gasteiger partial charge in [-0.15, -0.1) is 0 Å². The number of carbonyl (C=O) groups is 3. The van der Waals surface area contributed by atoms with Gasteiger partial charge in [0.1, 0.15) is 11.8 Å². The highest BCUT2D eigenvalue weighted by molar-refractivity contribution is 5.97. The minimum atomic E-state index is -0.892. The third-order valence-corrected chi connectivity index (χ3v) is 3.71. The number of hydrogen-bond acceptors (Lipinski definition) is 5. The van der Waals surface area contributed by atoms with E-state index in [0.717, 1.165) is 5.56 Å². The van der Waals surface area contributed by atoms with Crippen molar-refractivity contribution in [2.24, 2.45) is 0 Å². The standard InChI is InChI=1S/C20H22N2O5/c1-13-7-6-8-15(11-13)19(24)21-14(2)20(25)27-12-18(23)22-16-9-4-5-10-17(16)26-3/h4-11,14H,12H2,1-3H3,(H,21,24)(H,22,23)/t14-/m0/s1. The van der Waals surface area contributed by atoms with Crippen LogP contribution in [0.1, 0.15) is 22.8 Å². The van der Waals surface area contributed by atoms with Crippen molar-refractivity contribution in [3.05, 3.63) is 59.7 Å². The molecule has 0 saturated carbocycles. The Hall–Kier alpha value is -3.35. The minimum absolute atomic E-state index is 0.387. The van der Waals surface area contributed by atoms with Gasteiger partial charge in [-0.3, -0.25) is 9.59 Å². The maximum Gasteiger partial charge on any atom is 0.328 e. The molecule has 0 spiro atoms. The highest BCUT2D eigenvalue weighted by Gasteiger charge is 2.19. The van der Waals surface area contributed by atoms with Crippen molar-refractivity contribution in [1.82, 2.24) is 5.32 Å². The van der Waals surface area contributed by atoms with Crippen molar-refractivity contribution < 1.29 is 23.9 Å². The van der Waals surface area contributed by atoms with Gasteiger partial charge in [-0.1, -0.05) is 29.8 Å². The van der Waals surface area contributed by atoms with Gasteiger partial charge >= 0.3 is 5.97 Å². The first-order valence-corrected chi connectivity index (χ1v) is 8.37. The molecule has 0 aliphatic carbocycles. The van der Waals surface area contributed by atoms with Crippen molar-refractivity contribution in [2.75, 3.05) is 19.0 Å². The lowest BCUT2D eigenvalue weighted by atomic mass is 10.1. The molecule has 2 N–H and O–H groups in total.